The summed E-state index contributed by atoms with van der Waals surface area (Å²) in [6.07, 6.45) is 1.42. The third-order valence-electron chi connectivity index (χ3n) is 3.80. The standard InChI is InChI=1S/C16H24ClN3O3S.HI/c1-12-10-13(17)4-5-15(12)23-8-3-7-19-16(18-2)20-14-6-9-24(21,22)11-14;/h4-5,10,14H,3,6-9,11H2,1-2H3,(H2,18,19,20);1H. The molecule has 0 spiro atoms. The van der Waals surface area contributed by atoms with Crippen molar-refractivity contribution in [2.75, 3.05) is 31.7 Å². The fourth-order valence-corrected chi connectivity index (χ4v) is 4.43. The monoisotopic (exact) mass is 501 g/mol. The van der Waals surface area contributed by atoms with Crippen LogP contribution in [-0.2, 0) is 9.84 Å². The highest BCUT2D eigenvalue weighted by molar-refractivity contribution is 14.0. The molecular formula is C16H25ClIN3O3S. The van der Waals surface area contributed by atoms with E-state index in [0.29, 0.717) is 30.6 Å². The highest BCUT2D eigenvalue weighted by Gasteiger charge is 2.28. The zero-order chi connectivity index (χ0) is 17.6. The molecular weight excluding hydrogens is 477 g/mol. The molecule has 1 aliphatic rings. The molecule has 1 unspecified atom stereocenters. The van der Waals surface area contributed by atoms with E-state index in [-0.39, 0.29) is 41.5 Å². The number of nitrogens with one attached hydrogen (secondary N) is 2. The quantitative estimate of drug-likeness (QED) is 0.271. The third-order valence-corrected chi connectivity index (χ3v) is 5.81. The molecule has 25 heavy (non-hydrogen) atoms. The first-order valence-corrected chi connectivity index (χ1v) is 10.2. The SMILES string of the molecule is CN=C(NCCCOc1ccc(Cl)cc1C)NC1CCS(=O)(=O)C1.I. The number of hydrogen-bond acceptors (Lipinski definition) is 4. The molecule has 0 aliphatic carbocycles. The molecule has 0 aromatic heterocycles. The van der Waals surface area contributed by atoms with Crippen molar-refractivity contribution >= 4 is 51.4 Å². The van der Waals surface area contributed by atoms with Gasteiger partial charge in [-0.25, -0.2) is 8.42 Å². The minimum Gasteiger partial charge on any atom is -0.493 e. The van der Waals surface area contributed by atoms with Crippen LogP contribution < -0.4 is 15.4 Å². The highest BCUT2D eigenvalue weighted by atomic mass is 127. The maximum Gasteiger partial charge on any atom is 0.191 e. The van der Waals surface area contributed by atoms with Gasteiger partial charge in [-0.2, -0.15) is 0 Å². The Morgan fingerprint density at radius 1 is 1.44 bits per heavy atom. The first-order valence-electron chi connectivity index (χ1n) is 7.96. The molecule has 142 valence electrons. The summed E-state index contributed by atoms with van der Waals surface area (Å²) in [4.78, 5) is 4.12. The van der Waals surface area contributed by atoms with Gasteiger partial charge in [0.2, 0.25) is 0 Å². The van der Waals surface area contributed by atoms with E-state index >= 15 is 0 Å². The number of rotatable bonds is 6. The van der Waals surface area contributed by atoms with Crippen LogP contribution in [0.2, 0.25) is 5.02 Å². The van der Waals surface area contributed by atoms with Gasteiger partial charge < -0.3 is 15.4 Å². The van der Waals surface area contributed by atoms with E-state index in [1.165, 1.54) is 0 Å². The van der Waals surface area contributed by atoms with Crippen LogP contribution in [0.15, 0.2) is 23.2 Å². The Kier molecular flexibility index (Phi) is 9.29. The van der Waals surface area contributed by atoms with Gasteiger partial charge in [-0.05, 0) is 43.5 Å². The van der Waals surface area contributed by atoms with E-state index < -0.39 is 9.84 Å². The Bertz CT molecular complexity index is 698. The van der Waals surface area contributed by atoms with Crippen molar-refractivity contribution in [3.8, 4) is 5.75 Å². The Morgan fingerprint density at radius 3 is 2.80 bits per heavy atom. The summed E-state index contributed by atoms with van der Waals surface area (Å²) < 4.78 is 28.7. The Balaban J connectivity index is 0.00000312. The molecule has 0 bridgehead atoms. The molecule has 0 saturated carbocycles. The van der Waals surface area contributed by atoms with Gasteiger partial charge in [0.05, 0.1) is 18.1 Å². The van der Waals surface area contributed by atoms with Gasteiger partial charge in [0.25, 0.3) is 0 Å². The number of ether oxygens (including phenoxy) is 1. The van der Waals surface area contributed by atoms with Crippen LogP contribution in [-0.4, -0.2) is 52.1 Å². The van der Waals surface area contributed by atoms with Crippen LogP contribution in [0.25, 0.3) is 0 Å². The van der Waals surface area contributed by atoms with Gasteiger partial charge in [-0.1, -0.05) is 11.6 Å². The summed E-state index contributed by atoms with van der Waals surface area (Å²) in [5, 5.41) is 7.03. The first-order chi connectivity index (χ1) is 11.4. The average molecular weight is 502 g/mol. The molecule has 1 aromatic rings. The summed E-state index contributed by atoms with van der Waals surface area (Å²) in [5.74, 6) is 1.88. The highest BCUT2D eigenvalue weighted by Crippen LogP contribution is 2.21. The van der Waals surface area contributed by atoms with Crippen LogP contribution in [0.5, 0.6) is 5.75 Å². The van der Waals surface area contributed by atoms with Gasteiger partial charge in [-0.15, -0.1) is 24.0 Å². The van der Waals surface area contributed by atoms with Gasteiger partial charge in [0, 0.05) is 24.7 Å². The van der Waals surface area contributed by atoms with E-state index in [0.717, 1.165) is 17.7 Å². The number of nitrogens with zero attached hydrogens (tertiary/aromatic N) is 1. The van der Waals surface area contributed by atoms with Crippen molar-refractivity contribution in [2.45, 2.75) is 25.8 Å². The van der Waals surface area contributed by atoms with Gasteiger partial charge in [0.15, 0.2) is 15.8 Å². The van der Waals surface area contributed by atoms with Crippen LogP contribution in [0, 0.1) is 6.92 Å². The Morgan fingerprint density at radius 2 is 2.20 bits per heavy atom. The number of halogens is 2. The number of sulfone groups is 1. The number of hydrogen-bond donors (Lipinski definition) is 2. The van der Waals surface area contributed by atoms with E-state index in [9.17, 15) is 8.42 Å². The summed E-state index contributed by atoms with van der Waals surface area (Å²) in [6.45, 7) is 3.22. The molecule has 1 atom stereocenters. The molecule has 1 aliphatic heterocycles. The lowest BCUT2D eigenvalue weighted by molar-refractivity contribution is 0.309. The largest absolute Gasteiger partial charge is 0.493 e. The van der Waals surface area contributed by atoms with E-state index in [2.05, 4.69) is 15.6 Å². The number of benzene rings is 1. The second-order valence-corrected chi connectivity index (χ2v) is 8.52. The molecule has 9 heteroatoms. The maximum absolute atomic E-state index is 11.5. The molecule has 6 nitrogen and oxygen atoms in total. The summed E-state index contributed by atoms with van der Waals surface area (Å²) in [5.41, 5.74) is 1.01. The van der Waals surface area contributed by atoms with Crippen LogP contribution in [0.3, 0.4) is 0 Å². The molecule has 1 saturated heterocycles. The van der Waals surface area contributed by atoms with Crippen molar-refractivity contribution in [1.82, 2.24) is 10.6 Å². The number of guanidine groups is 1. The number of aryl methyl sites for hydroxylation is 1. The van der Waals surface area contributed by atoms with Crippen molar-refractivity contribution in [3.63, 3.8) is 0 Å². The third kappa shape index (κ3) is 7.57. The van der Waals surface area contributed by atoms with E-state index in [1.54, 1.807) is 7.05 Å². The zero-order valence-corrected chi connectivity index (χ0v) is 18.3. The van der Waals surface area contributed by atoms with E-state index in [4.69, 9.17) is 16.3 Å². The number of aliphatic imine (C=N–C) groups is 1. The van der Waals surface area contributed by atoms with Gasteiger partial charge in [-0.3, -0.25) is 4.99 Å². The van der Waals surface area contributed by atoms with Crippen LogP contribution in [0.1, 0.15) is 18.4 Å². The first kappa shape index (κ1) is 22.3. The molecule has 0 amide bonds. The fourth-order valence-electron chi connectivity index (χ4n) is 2.53. The Hall–Kier alpha value is -0.740. The second-order valence-electron chi connectivity index (χ2n) is 5.86. The molecule has 2 N–H and O–H groups in total. The van der Waals surface area contributed by atoms with Crippen molar-refractivity contribution < 1.29 is 13.2 Å². The van der Waals surface area contributed by atoms with Crippen molar-refractivity contribution in [2.24, 2.45) is 4.99 Å². The molecule has 1 heterocycles. The predicted octanol–water partition coefficient (Wildman–Crippen LogP) is 2.39. The van der Waals surface area contributed by atoms with Gasteiger partial charge in [0.1, 0.15) is 5.75 Å². The lowest BCUT2D eigenvalue weighted by Gasteiger charge is -2.16. The fraction of sp³-hybridized carbons (Fsp3) is 0.562. The topological polar surface area (TPSA) is 79.8 Å². The van der Waals surface area contributed by atoms with Crippen molar-refractivity contribution in [1.29, 1.82) is 0 Å². The molecule has 2 rings (SSSR count). The second kappa shape index (κ2) is 10.4. The average Bonchev–Trinajstić information content (AvgIpc) is 2.86. The zero-order valence-electron chi connectivity index (χ0n) is 14.4. The normalized spacial score (nSPS) is 19.2. The van der Waals surface area contributed by atoms with Crippen LogP contribution >= 0.6 is 35.6 Å². The van der Waals surface area contributed by atoms with Gasteiger partial charge >= 0.3 is 0 Å². The van der Waals surface area contributed by atoms with E-state index in [1.807, 2.05) is 25.1 Å². The summed E-state index contributed by atoms with van der Waals surface area (Å²) in [7, 11) is -1.22. The smallest absolute Gasteiger partial charge is 0.191 e. The summed E-state index contributed by atoms with van der Waals surface area (Å²) >= 11 is 5.92. The maximum atomic E-state index is 11.5. The minimum atomic E-state index is -2.89. The predicted molar refractivity (Wildman–Crippen MR) is 113 cm³/mol. The molecule has 1 aromatic carbocycles. The molecule has 1 fully saturated rings. The Labute approximate surface area is 171 Å². The van der Waals surface area contributed by atoms with Crippen LogP contribution in [0.4, 0.5) is 0 Å². The minimum absolute atomic E-state index is 0. The lowest BCUT2D eigenvalue weighted by atomic mass is 10.2. The van der Waals surface area contributed by atoms with Crippen molar-refractivity contribution in [3.05, 3.63) is 28.8 Å². The lowest BCUT2D eigenvalue weighted by Crippen LogP contribution is -2.44. The molecule has 0 radical (unpaired) electrons. The summed E-state index contributed by atoms with van der Waals surface area (Å²) in [6, 6.07) is 5.49.